The minimum atomic E-state index is -0.508. The molecule has 0 fully saturated rings. The molecule has 1 aromatic rings. The van der Waals surface area contributed by atoms with E-state index in [2.05, 4.69) is 18.5 Å². The van der Waals surface area contributed by atoms with E-state index in [1.54, 1.807) is 24.0 Å². The highest BCUT2D eigenvalue weighted by atomic mass is 32.1. The highest BCUT2D eigenvalue weighted by Gasteiger charge is 2.28. The molecule has 0 unspecified atom stereocenters. The van der Waals surface area contributed by atoms with Crippen LogP contribution in [0.25, 0.3) is 0 Å². The van der Waals surface area contributed by atoms with Crippen molar-refractivity contribution in [3.63, 3.8) is 0 Å². The molecule has 1 aromatic heterocycles. The SMILES string of the molecule is C=CCN(CC=C)C(=S)Nc1sc(C(=O)N(CC)CC)c(C)c1C(=O)OC. The number of nitrogens with one attached hydrogen (secondary N) is 1. The van der Waals surface area contributed by atoms with Gasteiger partial charge in [-0.15, -0.1) is 24.5 Å². The Hall–Kier alpha value is -2.19. The maximum absolute atomic E-state index is 12.8. The van der Waals surface area contributed by atoms with Crippen LogP contribution in [0.1, 0.15) is 39.4 Å². The van der Waals surface area contributed by atoms with Crippen LogP contribution in [0, 0.1) is 6.92 Å². The summed E-state index contributed by atoms with van der Waals surface area (Å²) >= 11 is 6.67. The summed E-state index contributed by atoms with van der Waals surface area (Å²) in [5, 5.41) is 4.01. The van der Waals surface area contributed by atoms with Crippen molar-refractivity contribution in [2.45, 2.75) is 20.8 Å². The second kappa shape index (κ2) is 10.8. The van der Waals surface area contributed by atoms with Crippen LogP contribution in [-0.4, -0.2) is 60.1 Å². The summed E-state index contributed by atoms with van der Waals surface area (Å²) in [6.07, 6.45) is 3.46. The van der Waals surface area contributed by atoms with Crippen molar-refractivity contribution >= 4 is 45.5 Å². The van der Waals surface area contributed by atoms with Gasteiger partial charge in [-0.2, -0.15) is 0 Å². The quantitative estimate of drug-likeness (QED) is 0.381. The molecule has 0 radical (unpaired) electrons. The molecule has 0 aliphatic rings. The van der Waals surface area contributed by atoms with Gasteiger partial charge in [0, 0.05) is 26.2 Å². The molecule has 1 heterocycles. The fraction of sp³-hybridized carbons (Fsp3) is 0.421. The summed E-state index contributed by atoms with van der Waals surface area (Å²) < 4.78 is 4.91. The van der Waals surface area contributed by atoms with E-state index in [1.807, 2.05) is 18.7 Å². The molecule has 0 saturated heterocycles. The molecule has 8 heteroatoms. The average Bonchev–Trinajstić information content (AvgIpc) is 2.97. The van der Waals surface area contributed by atoms with Crippen molar-refractivity contribution in [1.29, 1.82) is 0 Å². The highest BCUT2D eigenvalue weighted by molar-refractivity contribution is 7.80. The Bertz CT molecular complexity index is 714. The highest BCUT2D eigenvalue weighted by Crippen LogP contribution is 2.34. The molecular weight excluding hydrogens is 382 g/mol. The monoisotopic (exact) mass is 409 g/mol. The first kappa shape index (κ1) is 22.9. The number of rotatable bonds is 9. The van der Waals surface area contributed by atoms with Gasteiger partial charge in [0.25, 0.3) is 5.91 Å². The van der Waals surface area contributed by atoms with Crippen molar-refractivity contribution < 1.29 is 14.3 Å². The number of carbonyl (C=O) groups excluding carboxylic acids is 2. The Balaban J connectivity index is 3.32. The number of esters is 1. The summed E-state index contributed by atoms with van der Waals surface area (Å²) in [4.78, 5) is 29.2. The van der Waals surface area contributed by atoms with Gasteiger partial charge < -0.3 is 19.9 Å². The Morgan fingerprint density at radius 1 is 1.19 bits per heavy atom. The lowest BCUT2D eigenvalue weighted by atomic mass is 10.1. The molecule has 148 valence electrons. The van der Waals surface area contributed by atoms with E-state index in [0.717, 1.165) is 0 Å². The van der Waals surface area contributed by atoms with Crippen LogP contribution in [-0.2, 0) is 4.74 Å². The predicted molar refractivity (Wildman–Crippen MR) is 116 cm³/mol. The Kier molecular flexibility index (Phi) is 9.17. The Labute approximate surface area is 170 Å². The second-order valence-electron chi connectivity index (χ2n) is 5.64. The summed E-state index contributed by atoms with van der Waals surface area (Å²) in [6.45, 7) is 15.3. The molecule has 6 nitrogen and oxygen atoms in total. The molecule has 0 atom stereocenters. The maximum Gasteiger partial charge on any atom is 0.341 e. The van der Waals surface area contributed by atoms with Gasteiger partial charge in [-0.05, 0) is 38.6 Å². The van der Waals surface area contributed by atoms with E-state index in [4.69, 9.17) is 17.0 Å². The molecule has 0 aromatic carbocycles. The second-order valence-corrected chi connectivity index (χ2v) is 7.05. The van der Waals surface area contributed by atoms with Crippen molar-refractivity contribution in [3.8, 4) is 0 Å². The molecule has 0 aliphatic heterocycles. The molecule has 27 heavy (non-hydrogen) atoms. The third-order valence-corrected chi connectivity index (χ3v) is 5.54. The third kappa shape index (κ3) is 5.40. The van der Waals surface area contributed by atoms with Gasteiger partial charge >= 0.3 is 5.97 Å². The number of hydrogen-bond acceptors (Lipinski definition) is 5. The van der Waals surface area contributed by atoms with Crippen molar-refractivity contribution in [2.75, 3.05) is 38.6 Å². The fourth-order valence-corrected chi connectivity index (χ4v) is 4.01. The van der Waals surface area contributed by atoms with E-state index in [9.17, 15) is 9.59 Å². The molecule has 0 aliphatic carbocycles. The Morgan fingerprint density at radius 3 is 2.19 bits per heavy atom. The zero-order valence-electron chi connectivity index (χ0n) is 16.3. The lowest BCUT2D eigenvalue weighted by Gasteiger charge is -2.22. The number of carbonyl (C=O) groups is 2. The van der Waals surface area contributed by atoms with Gasteiger partial charge in [-0.1, -0.05) is 12.2 Å². The van der Waals surface area contributed by atoms with E-state index in [1.165, 1.54) is 18.4 Å². The van der Waals surface area contributed by atoms with E-state index in [-0.39, 0.29) is 5.91 Å². The largest absolute Gasteiger partial charge is 0.465 e. The smallest absolute Gasteiger partial charge is 0.341 e. The minimum absolute atomic E-state index is 0.110. The third-order valence-electron chi connectivity index (χ3n) is 3.99. The topological polar surface area (TPSA) is 61.9 Å². The van der Waals surface area contributed by atoms with Crippen LogP contribution in [0.3, 0.4) is 0 Å². The molecule has 1 N–H and O–H groups in total. The van der Waals surface area contributed by atoms with E-state index in [0.29, 0.717) is 52.3 Å². The van der Waals surface area contributed by atoms with Crippen LogP contribution in [0.2, 0.25) is 0 Å². The van der Waals surface area contributed by atoms with Gasteiger partial charge in [0.1, 0.15) is 5.00 Å². The molecular formula is C19H27N3O3S2. The zero-order chi connectivity index (χ0) is 20.6. The molecule has 1 rings (SSSR count). The van der Waals surface area contributed by atoms with Gasteiger partial charge in [-0.3, -0.25) is 4.79 Å². The number of methoxy groups -OCH3 is 1. The van der Waals surface area contributed by atoms with Crippen molar-refractivity contribution in [1.82, 2.24) is 9.80 Å². The standard InChI is InChI=1S/C19H27N3O3S2/c1-7-11-22(12-8-2)19(26)20-16-14(18(24)25-6)13(5)15(27-16)17(23)21(9-3)10-4/h7-8H,1-2,9-12H2,3-6H3,(H,20,26). The first-order chi connectivity index (χ1) is 12.9. The lowest BCUT2D eigenvalue weighted by Crippen LogP contribution is -2.35. The molecule has 0 saturated carbocycles. The Morgan fingerprint density at radius 2 is 1.74 bits per heavy atom. The average molecular weight is 410 g/mol. The first-order valence-electron chi connectivity index (χ1n) is 8.64. The van der Waals surface area contributed by atoms with Crippen LogP contribution in [0.15, 0.2) is 25.3 Å². The summed E-state index contributed by atoms with van der Waals surface area (Å²) in [5.41, 5.74) is 0.922. The predicted octanol–water partition coefficient (Wildman–Crippen LogP) is 3.70. The van der Waals surface area contributed by atoms with E-state index < -0.39 is 5.97 Å². The number of nitrogens with zero attached hydrogens (tertiary/aromatic N) is 2. The lowest BCUT2D eigenvalue weighted by molar-refractivity contribution is 0.0601. The summed E-state index contributed by atoms with van der Waals surface area (Å²) in [7, 11) is 1.31. The van der Waals surface area contributed by atoms with Gasteiger partial charge in [-0.25, -0.2) is 4.79 Å². The number of amides is 1. The summed E-state index contributed by atoms with van der Waals surface area (Å²) in [6, 6.07) is 0. The van der Waals surface area contributed by atoms with Gasteiger partial charge in [0.2, 0.25) is 0 Å². The van der Waals surface area contributed by atoms with Gasteiger partial charge in [0.15, 0.2) is 5.11 Å². The van der Waals surface area contributed by atoms with E-state index >= 15 is 0 Å². The normalized spacial score (nSPS) is 10.1. The maximum atomic E-state index is 12.8. The number of anilines is 1. The summed E-state index contributed by atoms with van der Waals surface area (Å²) in [5.74, 6) is -0.618. The number of thiophene rings is 1. The minimum Gasteiger partial charge on any atom is -0.465 e. The number of hydrogen-bond donors (Lipinski definition) is 1. The van der Waals surface area contributed by atoms with Crippen LogP contribution in [0.5, 0.6) is 0 Å². The van der Waals surface area contributed by atoms with Gasteiger partial charge in [0.05, 0.1) is 17.6 Å². The zero-order valence-corrected chi connectivity index (χ0v) is 18.0. The van der Waals surface area contributed by atoms with Crippen molar-refractivity contribution in [2.24, 2.45) is 0 Å². The molecule has 0 spiro atoms. The van der Waals surface area contributed by atoms with Crippen LogP contribution < -0.4 is 5.32 Å². The van der Waals surface area contributed by atoms with Crippen molar-refractivity contribution in [3.05, 3.63) is 41.3 Å². The number of thiocarbonyl (C=S) groups is 1. The molecule has 1 amide bonds. The first-order valence-corrected chi connectivity index (χ1v) is 9.87. The van der Waals surface area contributed by atoms with Crippen LogP contribution in [0.4, 0.5) is 5.00 Å². The molecule has 0 bridgehead atoms. The number of ether oxygens (including phenoxy) is 1. The fourth-order valence-electron chi connectivity index (χ4n) is 2.54. The van der Waals surface area contributed by atoms with Crippen LogP contribution >= 0.6 is 23.6 Å².